The van der Waals surface area contributed by atoms with Gasteiger partial charge in [0.15, 0.2) is 17.6 Å². The Balaban J connectivity index is 1.51. The van der Waals surface area contributed by atoms with Crippen molar-refractivity contribution in [2.75, 3.05) is 20.2 Å². The number of aryl methyl sites for hydroxylation is 1. The van der Waals surface area contributed by atoms with E-state index in [2.05, 4.69) is 5.10 Å². The highest BCUT2D eigenvalue weighted by atomic mass is 16.6. The van der Waals surface area contributed by atoms with E-state index in [0.717, 1.165) is 17.1 Å². The number of amides is 1. The molecule has 0 saturated carbocycles. The maximum Gasteiger partial charge on any atom is 0.257 e. The summed E-state index contributed by atoms with van der Waals surface area (Å²) < 4.78 is 13.5. The first-order valence-electron chi connectivity index (χ1n) is 9.30. The summed E-state index contributed by atoms with van der Waals surface area (Å²) in [5.41, 5.74) is 3.10. The lowest BCUT2D eigenvalue weighted by Gasteiger charge is -2.29. The van der Waals surface area contributed by atoms with E-state index in [1.54, 1.807) is 11.9 Å². The Morgan fingerprint density at radius 1 is 1.11 bits per heavy atom. The predicted octanol–water partition coefficient (Wildman–Crippen LogP) is 3.40. The van der Waals surface area contributed by atoms with Gasteiger partial charge in [0, 0.05) is 7.05 Å². The van der Waals surface area contributed by atoms with Crippen LogP contribution in [0.3, 0.4) is 0 Å². The molecule has 144 valence electrons. The lowest BCUT2D eigenvalue weighted by molar-refractivity contribution is 0.0520. The topological polar surface area (TPSA) is 56.6 Å². The minimum Gasteiger partial charge on any atom is -0.486 e. The van der Waals surface area contributed by atoms with Gasteiger partial charge in [-0.1, -0.05) is 30.3 Å². The van der Waals surface area contributed by atoms with Crippen LogP contribution in [0.5, 0.6) is 11.5 Å². The Morgan fingerprint density at radius 2 is 1.79 bits per heavy atom. The average molecular weight is 377 g/mol. The Kier molecular flexibility index (Phi) is 4.77. The van der Waals surface area contributed by atoms with Gasteiger partial charge in [-0.25, -0.2) is 4.68 Å². The molecule has 3 aromatic rings. The quantitative estimate of drug-likeness (QED) is 0.699. The number of fused-ring (bicyclic) bond motifs is 1. The number of likely N-dealkylation sites (N-methyl/N-ethyl adjacent to an activating group) is 1. The number of hydrogen-bond donors (Lipinski definition) is 0. The van der Waals surface area contributed by atoms with Gasteiger partial charge in [0.25, 0.3) is 5.91 Å². The second-order valence-electron chi connectivity index (χ2n) is 6.98. The summed E-state index contributed by atoms with van der Waals surface area (Å²) in [6, 6.07) is 17.4. The summed E-state index contributed by atoms with van der Waals surface area (Å²) in [5.74, 6) is 1.38. The molecule has 1 atom stereocenters. The van der Waals surface area contributed by atoms with Gasteiger partial charge in [-0.2, -0.15) is 5.10 Å². The molecule has 0 saturated heterocycles. The van der Waals surface area contributed by atoms with E-state index in [4.69, 9.17) is 9.47 Å². The fourth-order valence-electron chi connectivity index (χ4n) is 3.51. The average Bonchev–Trinajstić information content (AvgIpc) is 3.02. The molecule has 0 bridgehead atoms. The number of hydrogen-bond acceptors (Lipinski definition) is 4. The number of carbonyl (C=O) groups excluding carboxylic acids is 1. The lowest BCUT2D eigenvalue weighted by atomic mass is 10.1. The molecule has 1 aliphatic rings. The molecule has 0 spiro atoms. The molecule has 1 unspecified atom stereocenters. The zero-order valence-electron chi connectivity index (χ0n) is 16.3. The Morgan fingerprint density at radius 3 is 2.54 bits per heavy atom. The summed E-state index contributed by atoms with van der Waals surface area (Å²) in [4.78, 5) is 14.8. The zero-order valence-corrected chi connectivity index (χ0v) is 16.3. The second-order valence-corrected chi connectivity index (χ2v) is 6.98. The van der Waals surface area contributed by atoms with Crippen molar-refractivity contribution in [3.63, 3.8) is 0 Å². The fraction of sp³-hybridized carbons (Fsp3) is 0.273. The van der Waals surface area contributed by atoms with E-state index in [0.29, 0.717) is 30.2 Å². The second kappa shape index (κ2) is 7.38. The highest BCUT2D eigenvalue weighted by Gasteiger charge is 2.27. The first kappa shape index (κ1) is 18.1. The third-order valence-corrected chi connectivity index (χ3v) is 4.90. The Bertz CT molecular complexity index is 998. The van der Waals surface area contributed by atoms with Crippen LogP contribution in [0.15, 0.2) is 54.6 Å². The van der Waals surface area contributed by atoms with Crippen LogP contribution < -0.4 is 9.47 Å². The molecule has 1 amide bonds. The van der Waals surface area contributed by atoms with E-state index in [1.807, 2.05) is 73.1 Å². The van der Waals surface area contributed by atoms with Crippen LogP contribution in [0.25, 0.3) is 5.69 Å². The monoisotopic (exact) mass is 377 g/mol. The highest BCUT2D eigenvalue weighted by molar-refractivity contribution is 5.96. The summed E-state index contributed by atoms with van der Waals surface area (Å²) >= 11 is 0. The third kappa shape index (κ3) is 3.33. The van der Waals surface area contributed by atoms with Crippen LogP contribution in [0.2, 0.25) is 0 Å². The van der Waals surface area contributed by atoms with Crippen molar-refractivity contribution in [2.45, 2.75) is 20.0 Å². The van der Waals surface area contributed by atoms with Crippen molar-refractivity contribution >= 4 is 5.91 Å². The number of rotatable bonds is 4. The van der Waals surface area contributed by atoms with Crippen molar-refractivity contribution in [1.82, 2.24) is 14.7 Å². The summed E-state index contributed by atoms with van der Waals surface area (Å²) in [7, 11) is 1.78. The van der Waals surface area contributed by atoms with Gasteiger partial charge in [-0.05, 0) is 38.1 Å². The van der Waals surface area contributed by atoms with Crippen molar-refractivity contribution in [3.8, 4) is 17.2 Å². The van der Waals surface area contributed by atoms with Gasteiger partial charge in [-0.3, -0.25) is 4.79 Å². The van der Waals surface area contributed by atoms with Gasteiger partial charge in [0.05, 0.1) is 29.2 Å². The first-order valence-corrected chi connectivity index (χ1v) is 9.30. The largest absolute Gasteiger partial charge is 0.486 e. The minimum atomic E-state index is -0.214. The van der Waals surface area contributed by atoms with Crippen LogP contribution in [-0.4, -0.2) is 46.9 Å². The highest BCUT2D eigenvalue weighted by Crippen LogP contribution is 2.31. The smallest absolute Gasteiger partial charge is 0.257 e. The van der Waals surface area contributed by atoms with Gasteiger partial charge in [-0.15, -0.1) is 0 Å². The van der Waals surface area contributed by atoms with Crippen LogP contribution in [0.1, 0.15) is 21.7 Å². The normalized spacial score (nSPS) is 15.3. The number of aromatic nitrogens is 2. The van der Waals surface area contributed by atoms with Crippen molar-refractivity contribution in [1.29, 1.82) is 0 Å². The number of carbonyl (C=O) groups is 1. The molecule has 28 heavy (non-hydrogen) atoms. The van der Waals surface area contributed by atoms with Crippen LogP contribution >= 0.6 is 0 Å². The van der Waals surface area contributed by atoms with Crippen LogP contribution in [0.4, 0.5) is 0 Å². The minimum absolute atomic E-state index is 0.0698. The van der Waals surface area contributed by atoms with E-state index in [-0.39, 0.29) is 12.0 Å². The van der Waals surface area contributed by atoms with Gasteiger partial charge < -0.3 is 14.4 Å². The molecule has 6 nitrogen and oxygen atoms in total. The maximum absolute atomic E-state index is 13.1. The van der Waals surface area contributed by atoms with Crippen LogP contribution in [0, 0.1) is 13.8 Å². The summed E-state index contributed by atoms with van der Waals surface area (Å²) in [5, 5.41) is 4.57. The number of ether oxygens (including phenoxy) is 2. The predicted molar refractivity (Wildman–Crippen MR) is 106 cm³/mol. The molecule has 0 N–H and O–H groups in total. The van der Waals surface area contributed by atoms with E-state index in [1.165, 1.54) is 0 Å². The zero-order chi connectivity index (χ0) is 19.7. The third-order valence-electron chi connectivity index (χ3n) is 4.90. The molecular weight excluding hydrogens is 354 g/mol. The number of nitrogens with zero attached hydrogens (tertiary/aromatic N) is 3. The molecule has 2 heterocycles. The molecular formula is C22H23N3O3. The molecule has 1 aliphatic heterocycles. The standard InChI is InChI=1S/C22H23N3O3/c1-15-21(16(2)25(23-15)17-9-5-4-6-10-17)22(26)24(3)13-18-14-27-19-11-7-8-12-20(19)28-18/h4-12,18H,13-14H2,1-3H3. The van der Waals surface area contributed by atoms with Crippen LogP contribution in [-0.2, 0) is 0 Å². The van der Waals surface area contributed by atoms with Gasteiger partial charge in [0.1, 0.15) is 6.61 Å². The van der Waals surface area contributed by atoms with Crippen molar-refractivity contribution in [3.05, 3.63) is 71.5 Å². The Hall–Kier alpha value is -3.28. The fourth-order valence-corrected chi connectivity index (χ4v) is 3.51. The number of benzene rings is 2. The molecule has 0 aliphatic carbocycles. The molecule has 2 aromatic carbocycles. The molecule has 1 aromatic heterocycles. The number of para-hydroxylation sites is 3. The SMILES string of the molecule is Cc1nn(-c2ccccc2)c(C)c1C(=O)N(C)CC1COc2ccccc2O1. The molecule has 0 fully saturated rings. The molecule has 0 radical (unpaired) electrons. The Labute approximate surface area is 164 Å². The summed E-state index contributed by atoms with van der Waals surface area (Å²) in [6.07, 6.45) is -0.214. The lowest BCUT2D eigenvalue weighted by Crippen LogP contribution is -2.42. The van der Waals surface area contributed by atoms with E-state index >= 15 is 0 Å². The van der Waals surface area contributed by atoms with E-state index in [9.17, 15) is 4.79 Å². The summed E-state index contributed by atoms with van der Waals surface area (Å²) in [6.45, 7) is 4.63. The first-order chi connectivity index (χ1) is 13.5. The molecule has 6 heteroatoms. The van der Waals surface area contributed by atoms with Crippen molar-refractivity contribution in [2.24, 2.45) is 0 Å². The maximum atomic E-state index is 13.1. The van der Waals surface area contributed by atoms with E-state index < -0.39 is 0 Å². The van der Waals surface area contributed by atoms with Crippen molar-refractivity contribution < 1.29 is 14.3 Å². The van der Waals surface area contributed by atoms with Gasteiger partial charge in [0.2, 0.25) is 0 Å². The van der Waals surface area contributed by atoms with Gasteiger partial charge >= 0.3 is 0 Å². The molecule has 4 rings (SSSR count).